The van der Waals surface area contributed by atoms with Crippen molar-refractivity contribution in [2.24, 2.45) is 0 Å². The average Bonchev–Trinajstić information content (AvgIpc) is 3.11. The Morgan fingerprint density at radius 1 is 0.304 bits per heavy atom. The number of rotatable bonds is 9. The van der Waals surface area contributed by atoms with Gasteiger partial charge in [-0.05, 0) is 126 Å². The highest BCUT2D eigenvalue weighted by molar-refractivity contribution is 14.1. The van der Waals surface area contributed by atoms with Crippen LogP contribution >= 0.6 is 45.2 Å². The Balaban J connectivity index is 1.23. The van der Waals surface area contributed by atoms with Gasteiger partial charge in [0.2, 0.25) is 0 Å². The van der Waals surface area contributed by atoms with E-state index >= 15 is 0 Å². The van der Waals surface area contributed by atoms with Gasteiger partial charge >= 0.3 is 0 Å². The molecule has 4 nitrogen and oxygen atoms in total. The molecule has 6 rings (SSSR count). The molecule has 0 radical (unpaired) electrons. The van der Waals surface area contributed by atoms with Gasteiger partial charge < -0.3 is 18.9 Å². The molecule has 0 N–H and O–H groups in total. The first-order valence-electron chi connectivity index (χ1n) is 14.7. The number of ether oxygens (including phenoxy) is 4. The maximum atomic E-state index is 5.83. The van der Waals surface area contributed by atoms with Gasteiger partial charge in [-0.15, -0.1) is 0 Å². The van der Waals surface area contributed by atoms with Crippen molar-refractivity contribution in [2.45, 2.75) is 0 Å². The van der Waals surface area contributed by atoms with Crippen molar-refractivity contribution in [3.63, 3.8) is 0 Å². The molecule has 0 atom stereocenters. The van der Waals surface area contributed by atoms with Crippen LogP contribution in [0.1, 0.15) is 0 Å². The molecule has 0 fully saturated rings. The molecular weight excluding hydrogens is 798 g/mol. The fraction of sp³-hybridized carbons (Fsp3) is 0.100. The van der Waals surface area contributed by atoms with Gasteiger partial charge in [-0.2, -0.15) is 0 Å². The summed E-state index contributed by atoms with van der Waals surface area (Å²) in [5.74, 6) is 3.38. The topological polar surface area (TPSA) is 36.9 Å². The second kappa shape index (κ2) is 14.2. The maximum Gasteiger partial charge on any atom is 0.132 e. The summed E-state index contributed by atoms with van der Waals surface area (Å²) in [5.41, 5.74) is 10.9. The lowest BCUT2D eigenvalue weighted by Gasteiger charge is -2.14. The minimum absolute atomic E-state index is 0.827. The van der Waals surface area contributed by atoms with E-state index in [9.17, 15) is 0 Å². The number of hydrogen-bond acceptors (Lipinski definition) is 4. The Bertz CT molecular complexity index is 1850. The van der Waals surface area contributed by atoms with Crippen molar-refractivity contribution < 1.29 is 18.9 Å². The van der Waals surface area contributed by atoms with Crippen LogP contribution in [0.25, 0.3) is 55.6 Å². The van der Waals surface area contributed by atoms with Gasteiger partial charge in [0.15, 0.2) is 0 Å². The molecule has 0 unspecified atom stereocenters. The Kier molecular flexibility index (Phi) is 9.84. The Morgan fingerprint density at radius 2 is 0.565 bits per heavy atom. The van der Waals surface area contributed by atoms with Crippen molar-refractivity contribution >= 4 is 45.2 Å². The van der Waals surface area contributed by atoms with Crippen LogP contribution in [0.5, 0.6) is 23.0 Å². The molecule has 0 saturated heterocycles. The summed E-state index contributed by atoms with van der Waals surface area (Å²) >= 11 is 4.57. The first kappa shape index (κ1) is 31.9. The van der Waals surface area contributed by atoms with Gasteiger partial charge in [-0.1, -0.05) is 84.9 Å². The average molecular weight is 831 g/mol. The quantitative estimate of drug-likeness (QED) is 0.136. The monoisotopic (exact) mass is 830 g/mol. The molecule has 0 saturated carbocycles. The van der Waals surface area contributed by atoms with Crippen LogP contribution in [-0.4, -0.2) is 28.4 Å². The second-order valence-electron chi connectivity index (χ2n) is 10.7. The molecule has 0 aliphatic carbocycles. The normalized spacial score (nSPS) is 10.8. The number of hydrogen-bond donors (Lipinski definition) is 0. The molecule has 0 spiro atoms. The Morgan fingerprint density at radius 3 is 0.891 bits per heavy atom. The van der Waals surface area contributed by atoms with E-state index in [1.807, 2.05) is 0 Å². The molecule has 0 heterocycles. The number of benzene rings is 6. The number of methoxy groups -OCH3 is 4. The van der Waals surface area contributed by atoms with Gasteiger partial charge in [0.1, 0.15) is 23.0 Å². The van der Waals surface area contributed by atoms with Gasteiger partial charge in [-0.25, -0.2) is 0 Å². The van der Waals surface area contributed by atoms with Gasteiger partial charge in [0.25, 0.3) is 0 Å². The van der Waals surface area contributed by atoms with E-state index in [2.05, 4.69) is 167 Å². The molecule has 0 aromatic heterocycles. The van der Waals surface area contributed by atoms with Crippen LogP contribution in [0, 0.1) is 7.14 Å². The van der Waals surface area contributed by atoms with E-state index in [0.717, 1.165) is 85.8 Å². The zero-order valence-electron chi connectivity index (χ0n) is 25.9. The van der Waals surface area contributed by atoms with Crippen LogP contribution < -0.4 is 18.9 Å². The summed E-state index contributed by atoms with van der Waals surface area (Å²) < 4.78 is 24.9. The maximum absolute atomic E-state index is 5.83. The molecule has 0 amide bonds. The van der Waals surface area contributed by atoms with Crippen LogP contribution in [0.4, 0.5) is 0 Å². The minimum Gasteiger partial charge on any atom is -0.496 e. The molecule has 6 aromatic rings. The van der Waals surface area contributed by atoms with Crippen molar-refractivity contribution in [2.75, 3.05) is 28.4 Å². The van der Waals surface area contributed by atoms with E-state index < -0.39 is 0 Å². The molecule has 0 bridgehead atoms. The van der Waals surface area contributed by atoms with Crippen LogP contribution in [0.3, 0.4) is 0 Å². The SMILES string of the molecule is COc1cc(-c2ccc(-c3ccc(-c4ccc(-c5ccc(-c6ccc(I)c(OC)c6)cc5OC)cc4)cc3)c(OC)c2)ccc1I. The van der Waals surface area contributed by atoms with E-state index in [1.54, 1.807) is 28.4 Å². The van der Waals surface area contributed by atoms with E-state index in [0.29, 0.717) is 0 Å². The Hall–Kier alpha value is -4.02. The lowest BCUT2D eigenvalue weighted by Crippen LogP contribution is -1.91. The predicted octanol–water partition coefficient (Wildman–Crippen LogP) is 11.3. The van der Waals surface area contributed by atoms with Crippen molar-refractivity contribution in [3.05, 3.63) is 128 Å². The third-order valence-electron chi connectivity index (χ3n) is 8.10. The fourth-order valence-electron chi connectivity index (χ4n) is 5.58. The van der Waals surface area contributed by atoms with Gasteiger partial charge in [0.05, 0.1) is 35.6 Å². The summed E-state index contributed by atoms with van der Waals surface area (Å²) in [5, 5.41) is 0. The third kappa shape index (κ3) is 6.59. The van der Waals surface area contributed by atoms with Gasteiger partial charge in [0, 0.05) is 11.1 Å². The van der Waals surface area contributed by atoms with Gasteiger partial charge in [-0.3, -0.25) is 0 Å². The fourth-order valence-corrected chi connectivity index (χ4v) is 6.69. The third-order valence-corrected chi connectivity index (χ3v) is 9.88. The van der Waals surface area contributed by atoms with E-state index in [4.69, 9.17) is 18.9 Å². The second-order valence-corrected chi connectivity index (χ2v) is 13.0. The highest BCUT2D eigenvalue weighted by Gasteiger charge is 2.13. The lowest BCUT2D eigenvalue weighted by molar-refractivity contribution is 0.412. The van der Waals surface area contributed by atoms with Crippen LogP contribution in [-0.2, 0) is 0 Å². The first-order chi connectivity index (χ1) is 22.4. The first-order valence-corrected chi connectivity index (χ1v) is 16.8. The smallest absolute Gasteiger partial charge is 0.132 e. The Labute approximate surface area is 297 Å². The minimum atomic E-state index is 0.827. The molecule has 230 valence electrons. The summed E-state index contributed by atoms with van der Waals surface area (Å²) in [4.78, 5) is 0. The van der Waals surface area contributed by atoms with E-state index in [1.165, 1.54) is 0 Å². The molecule has 6 aromatic carbocycles. The summed E-state index contributed by atoms with van der Waals surface area (Å²) in [6, 6.07) is 42.4. The zero-order chi connectivity index (χ0) is 32.2. The standard InChI is InChI=1S/C40H32I2O4/c1-43-37-21-29(31-15-19-35(41)39(23-31)45-3)13-17-33(37)27-9-5-25(6-10-27)26-7-11-28(12-8-26)34-18-14-30(22-38(34)44-2)32-16-20-36(42)40(24-32)46-4/h5-24H,1-4H3. The molecule has 46 heavy (non-hydrogen) atoms. The predicted molar refractivity (Wildman–Crippen MR) is 205 cm³/mol. The molecule has 6 heteroatoms. The number of halogens is 2. The molecular formula is C40H32I2O4. The highest BCUT2D eigenvalue weighted by atomic mass is 127. The summed E-state index contributed by atoms with van der Waals surface area (Å²) in [6.45, 7) is 0. The lowest BCUT2D eigenvalue weighted by atomic mass is 9.95. The van der Waals surface area contributed by atoms with Crippen molar-refractivity contribution in [3.8, 4) is 78.6 Å². The molecule has 0 aliphatic heterocycles. The van der Waals surface area contributed by atoms with Crippen LogP contribution in [0.15, 0.2) is 121 Å². The molecule has 0 aliphatic rings. The van der Waals surface area contributed by atoms with E-state index in [-0.39, 0.29) is 0 Å². The zero-order valence-corrected chi connectivity index (χ0v) is 30.3. The highest BCUT2D eigenvalue weighted by Crippen LogP contribution is 2.39. The summed E-state index contributed by atoms with van der Waals surface area (Å²) in [7, 11) is 6.83. The van der Waals surface area contributed by atoms with Crippen molar-refractivity contribution in [1.29, 1.82) is 0 Å². The summed E-state index contributed by atoms with van der Waals surface area (Å²) in [6.07, 6.45) is 0. The van der Waals surface area contributed by atoms with Crippen molar-refractivity contribution in [1.82, 2.24) is 0 Å². The van der Waals surface area contributed by atoms with Crippen LogP contribution in [0.2, 0.25) is 0 Å². The largest absolute Gasteiger partial charge is 0.496 e.